The predicted molar refractivity (Wildman–Crippen MR) is 77.4 cm³/mol. The number of benzene rings is 1. The van der Waals surface area contributed by atoms with E-state index in [-0.39, 0.29) is 0 Å². The number of nitrogens with zero attached hydrogens (tertiary/aromatic N) is 3. The Hall–Kier alpha value is -1.68. The molecule has 1 aliphatic rings. The zero-order valence-electron chi connectivity index (χ0n) is 12.0. The molecule has 0 aliphatic carbocycles. The second-order valence-electron chi connectivity index (χ2n) is 5.34. The van der Waals surface area contributed by atoms with Crippen LogP contribution in [0.25, 0.3) is 0 Å². The predicted octanol–water partition coefficient (Wildman–Crippen LogP) is 3.21. The Kier molecular flexibility index (Phi) is 4.11. The van der Waals surface area contributed by atoms with Gasteiger partial charge in [-0.1, -0.05) is 43.7 Å². The van der Waals surface area contributed by atoms with Crippen LogP contribution in [0.4, 0.5) is 0 Å². The molecule has 1 atom stereocenters. The summed E-state index contributed by atoms with van der Waals surface area (Å²) in [5.41, 5.74) is 1.21. The molecule has 0 N–H and O–H groups in total. The van der Waals surface area contributed by atoms with Crippen LogP contribution >= 0.6 is 0 Å². The van der Waals surface area contributed by atoms with Gasteiger partial charge in [0.15, 0.2) is 0 Å². The highest BCUT2D eigenvalue weighted by Crippen LogP contribution is 2.29. The lowest BCUT2D eigenvalue weighted by atomic mass is 10.0. The molecule has 1 unspecified atom stereocenters. The molecule has 2 heterocycles. The molecule has 2 aromatic rings. The summed E-state index contributed by atoms with van der Waals surface area (Å²) < 4.78 is 5.90. The summed E-state index contributed by atoms with van der Waals surface area (Å²) in [4.78, 5) is 2.43. The van der Waals surface area contributed by atoms with Crippen molar-refractivity contribution in [2.45, 2.75) is 38.6 Å². The third-order valence-electron chi connectivity index (χ3n) is 3.99. The third kappa shape index (κ3) is 2.90. The first-order chi connectivity index (χ1) is 9.86. The van der Waals surface area contributed by atoms with Crippen LogP contribution in [0.1, 0.15) is 49.6 Å². The quantitative estimate of drug-likeness (QED) is 0.856. The van der Waals surface area contributed by atoms with Gasteiger partial charge < -0.3 is 4.42 Å². The summed E-state index contributed by atoms with van der Waals surface area (Å²) in [6.45, 7) is 4.37. The van der Waals surface area contributed by atoms with Crippen LogP contribution in [-0.2, 0) is 6.42 Å². The minimum atomic E-state index is 0.311. The van der Waals surface area contributed by atoms with Crippen LogP contribution in [-0.4, -0.2) is 28.2 Å². The maximum Gasteiger partial charge on any atom is 0.233 e. The van der Waals surface area contributed by atoms with E-state index in [0.717, 1.165) is 25.4 Å². The smallest absolute Gasteiger partial charge is 0.233 e. The highest BCUT2D eigenvalue weighted by Gasteiger charge is 2.27. The van der Waals surface area contributed by atoms with Gasteiger partial charge in [-0.05, 0) is 31.5 Å². The summed E-state index contributed by atoms with van der Waals surface area (Å²) in [5, 5.41) is 8.49. The largest absolute Gasteiger partial charge is 0.423 e. The molecule has 0 bridgehead atoms. The molecule has 4 heteroatoms. The lowest BCUT2D eigenvalue weighted by Gasteiger charge is -2.32. The molecular formula is C16H21N3O. The van der Waals surface area contributed by atoms with Crippen molar-refractivity contribution in [2.75, 3.05) is 13.1 Å². The van der Waals surface area contributed by atoms with E-state index in [1.165, 1.54) is 18.4 Å². The Labute approximate surface area is 119 Å². The first-order valence-electron chi connectivity index (χ1n) is 7.47. The van der Waals surface area contributed by atoms with E-state index in [2.05, 4.69) is 34.2 Å². The lowest BCUT2D eigenvalue weighted by molar-refractivity contribution is 0.131. The minimum Gasteiger partial charge on any atom is -0.423 e. The molecule has 20 heavy (non-hydrogen) atoms. The minimum absolute atomic E-state index is 0.311. The fourth-order valence-electron chi connectivity index (χ4n) is 2.89. The molecule has 0 radical (unpaired) electrons. The standard InChI is InChI=1S/C16H21N3O/c1-2-19-11-7-6-10-14(19)16-18-17-15(20-16)12-13-8-4-3-5-9-13/h3-5,8-9,14H,2,6-7,10-12H2,1H3. The monoisotopic (exact) mass is 271 g/mol. The van der Waals surface area contributed by atoms with Crippen molar-refractivity contribution in [3.8, 4) is 0 Å². The maximum atomic E-state index is 5.90. The van der Waals surface area contributed by atoms with Gasteiger partial charge in [-0.3, -0.25) is 4.90 Å². The summed E-state index contributed by atoms with van der Waals surface area (Å²) in [6, 6.07) is 10.6. The summed E-state index contributed by atoms with van der Waals surface area (Å²) >= 11 is 0. The number of hydrogen-bond acceptors (Lipinski definition) is 4. The number of piperidine rings is 1. The van der Waals surface area contributed by atoms with E-state index in [9.17, 15) is 0 Å². The fraction of sp³-hybridized carbons (Fsp3) is 0.500. The highest BCUT2D eigenvalue weighted by atomic mass is 16.4. The topological polar surface area (TPSA) is 42.2 Å². The van der Waals surface area contributed by atoms with Crippen LogP contribution < -0.4 is 0 Å². The van der Waals surface area contributed by atoms with Gasteiger partial charge in [0, 0.05) is 0 Å². The molecule has 106 valence electrons. The fourth-order valence-corrected chi connectivity index (χ4v) is 2.89. The zero-order valence-corrected chi connectivity index (χ0v) is 12.0. The second-order valence-corrected chi connectivity index (χ2v) is 5.34. The van der Waals surface area contributed by atoms with Crippen molar-refractivity contribution in [1.82, 2.24) is 15.1 Å². The van der Waals surface area contributed by atoms with Crippen LogP contribution in [0.3, 0.4) is 0 Å². The summed E-state index contributed by atoms with van der Waals surface area (Å²) in [7, 11) is 0. The van der Waals surface area contributed by atoms with Gasteiger partial charge in [-0.2, -0.15) is 0 Å². The van der Waals surface area contributed by atoms with Crippen molar-refractivity contribution in [1.29, 1.82) is 0 Å². The SMILES string of the molecule is CCN1CCCCC1c1nnc(Cc2ccccc2)o1. The van der Waals surface area contributed by atoms with Crippen molar-refractivity contribution >= 4 is 0 Å². The van der Waals surface area contributed by atoms with Gasteiger partial charge in [0.25, 0.3) is 0 Å². The van der Waals surface area contributed by atoms with E-state index in [1.807, 2.05) is 18.2 Å². The van der Waals surface area contributed by atoms with Gasteiger partial charge in [-0.25, -0.2) is 0 Å². The van der Waals surface area contributed by atoms with Crippen LogP contribution in [0, 0.1) is 0 Å². The Balaban J connectivity index is 1.73. The highest BCUT2D eigenvalue weighted by molar-refractivity contribution is 5.17. The molecule has 1 aromatic heterocycles. The molecule has 0 amide bonds. The second kappa shape index (κ2) is 6.18. The van der Waals surface area contributed by atoms with Crippen molar-refractivity contribution in [3.63, 3.8) is 0 Å². The van der Waals surface area contributed by atoms with Gasteiger partial charge in [0.1, 0.15) is 0 Å². The Morgan fingerprint density at radius 3 is 2.85 bits per heavy atom. The maximum absolute atomic E-state index is 5.90. The van der Waals surface area contributed by atoms with E-state index < -0.39 is 0 Å². The first-order valence-corrected chi connectivity index (χ1v) is 7.47. The van der Waals surface area contributed by atoms with Gasteiger partial charge >= 0.3 is 0 Å². The molecule has 0 saturated carbocycles. The number of rotatable bonds is 4. The number of hydrogen-bond donors (Lipinski definition) is 0. The Morgan fingerprint density at radius 2 is 2.05 bits per heavy atom. The molecular weight excluding hydrogens is 250 g/mol. The summed E-state index contributed by atoms with van der Waals surface area (Å²) in [6.07, 6.45) is 4.36. The lowest BCUT2D eigenvalue weighted by Crippen LogP contribution is -2.33. The van der Waals surface area contributed by atoms with Gasteiger partial charge in [-0.15, -0.1) is 10.2 Å². The summed E-state index contributed by atoms with van der Waals surface area (Å²) in [5.74, 6) is 1.50. The van der Waals surface area contributed by atoms with E-state index in [0.29, 0.717) is 18.4 Å². The van der Waals surface area contributed by atoms with E-state index in [4.69, 9.17) is 4.42 Å². The van der Waals surface area contributed by atoms with E-state index >= 15 is 0 Å². The Morgan fingerprint density at radius 1 is 1.20 bits per heavy atom. The van der Waals surface area contributed by atoms with Crippen molar-refractivity contribution < 1.29 is 4.42 Å². The number of aromatic nitrogens is 2. The van der Waals surface area contributed by atoms with Crippen LogP contribution in [0.15, 0.2) is 34.7 Å². The third-order valence-corrected chi connectivity index (χ3v) is 3.99. The van der Waals surface area contributed by atoms with E-state index in [1.54, 1.807) is 0 Å². The molecule has 0 spiro atoms. The van der Waals surface area contributed by atoms with Crippen molar-refractivity contribution in [3.05, 3.63) is 47.7 Å². The zero-order chi connectivity index (χ0) is 13.8. The first kappa shape index (κ1) is 13.3. The molecule has 1 fully saturated rings. The average molecular weight is 271 g/mol. The van der Waals surface area contributed by atoms with Crippen LogP contribution in [0.2, 0.25) is 0 Å². The van der Waals surface area contributed by atoms with Gasteiger partial charge in [0.2, 0.25) is 11.8 Å². The van der Waals surface area contributed by atoms with Crippen molar-refractivity contribution in [2.24, 2.45) is 0 Å². The Bertz CT molecular complexity index is 538. The van der Waals surface area contributed by atoms with Gasteiger partial charge in [0.05, 0.1) is 12.5 Å². The molecule has 3 rings (SSSR count). The molecule has 1 saturated heterocycles. The molecule has 4 nitrogen and oxygen atoms in total. The molecule has 1 aromatic carbocycles. The molecule has 1 aliphatic heterocycles. The van der Waals surface area contributed by atoms with Crippen LogP contribution in [0.5, 0.6) is 0 Å². The number of likely N-dealkylation sites (tertiary alicyclic amines) is 1. The normalized spacial score (nSPS) is 20.1. The average Bonchev–Trinajstić information content (AvgIpc) is 2.96.